The maximum Gasteiger partial charge on any atom is 0.221 e. The Morgan fingerprint density at radius 1 is 1.09 bits per heavy atom. The lowest BCUT2D eigenvalue weighted by Gasteiger charge is -2.22. The van der Waals surface area contributed by atoms with Crippen LogP contribution in [0.5, 0.6) is 0 Å². The molecule has 4 rings (SSSR count). The Morgan fingerprint density at radius 2 is 1.86 bits per heavy atom. The summed E-state index contributed by atoms with van der Waals surface area (Å²) >= 11 is 0. The van der Waals surface area contributed by atoms with Gasteiger partial charge in [0, 0.05) is 30.9 Å². The maximum absolute atomic E-state index is 12.4. The van der Waals surface area contributed by atoms with Crippen LogP contribution < -0.4 is 10.6 Å². The number of benzene rings is 2. The number of aromatic nitrogens is 2. The molecule has 1 aliphatic rings. The number of para-hydroxylation sites is 1. The first-order chi connectivity index (χ1) is 16.9. The van der Waals surface area contributed by atoms with Gasteiger partial charge in [0.25, 0.3) is 0 Å². The largest absolute Gasteiger partial charge is 0.369 e. The molecule has 0 aliphatic carbocycles. The van der Waals surface area contributed by atoms with Crippen LogP contribution in [-0.4, -0.2) is 66.9 Å². The van der Waals surface area contributed by atoms with Gasteiger partial charge in [0.15, 0.2) is 15.7 Å². The Morgan fingerprint density at radius 3 is 2.63 bits per heavy atom. The average molecular weight is 496 g/mol. The van der Waals surface area contributed by atoms with Crippen LogP contribution in [0.1, 0.15) is 30.7 Å². The van der Waals surface area contributed by atoms with E-state index in [0.29, 0.717) is 25.2 Å². The number of carbonyl (C=O) groups excluding carboxylic acids is 1. The summed E-state index contributed by atoms with van der Waals surface area (Å²) in [6.07, 6.45) is 2.89. The van der Waals surface area contributed by atoms with Crippen molar-refractivity contribution in [2.75, 3.05) is 37.0 Å². The first-order valence-electron chi connectivity index (χ1n) is 12.1. The van der Waals surface area contributed by atoms with Crippen molar-refractivity contribution < 1.29 is 13.2 Å². The third-order valence-corrected chi connectivity index (χ3v) is 8.14. The molecule has 0 radical (unpaired) electrons. The van der Waals surface area contributed by atoms with Crippen LogP contribution in [-0.2, 0) is 27.6 Å². The standard InChI is InChI=1S/C26H33N5O3S/c1-31(21-14-17-35(33,34)19-21)16-13-25(32)28-18-24-29-23-12-6-5-11-22(23)26(30-24)27-15-7-10-20-8-3-2-4-9-20/h2-6,8-9,11-12,21H,7,10,13-19H2,1H3,(H,28,32)(H,27,29,30). The minimum absolute atomic E-state index is 0.00727. The Balaban J connectivity index is 1.30. The number of fused-ring (bicyclic) bond motifs is 1. The summed E-state index contributed by atoms with van der Waals surface area (Å²) in [4.78, 5) is 23.7. The smallest absolute Gasteiger partial charge is 0.221 e. The van der Waals surface area contributed by atoms with Crippen molar-refractivity contribution in [1.82, 2.24) is 20.2 Å². The number of hydrogen-bond acceptors (Lipinski definition) is 7. The number of rotatable bonds is 11. The third-order valence-electron chi connectivity index (χ3n) is 6.39. The predicted molar refractivity (Wildman–Crippen MR) is 139 cm³/mol. The molecule has 1 unspecified atom stereocenters. The predicted octanol–water partition coefficient (Wildman–Crippen LogP) is 2.80. The molecule has 35 heavy (non-hydrogen) atoms. The summed E-state index contributed by atoms with van der Waals surface area (Å²) in [5.74, 6) is 1.63. The number of hydrogen-bond donors (Lipinski definition) is 2. The zero-order valence-corrected chi connectivity index (χ0v) is 20.9. The summed E-state index contributed by atoms with van der Waals surface area (Å²) in [5, 5.41) is 7.30. The van der Waals surface area contributed by atoms with Gasteiger partial charge in [-0.15, -0.1) is 0 Å². The van der Waals surface area contributed by atoms with E-state index in [1.54, 1.807) is 0 Å². The van der Waals surface area contributed by atoms with E-state index in [9.17, 15) is 13.2 Å². The molecule has 8 nitrogen and oxygen atoms in total. The van der Waals surface area contributed by atoms with Crippen LogP contribution >= 0.6 is 0 Å². The van der Waals surface area contributed by atoms with Crippen molar-refractivity contribution in [1.29, 1.82) is 0 Å². The van der Waals surface area contributed by atoms with Crippen LogP contribution in [0.3, 0.4) is 0 Å². The molecule has 1 aliphatic heterocycles. The van der Waals surface area contributed by atoms with E-state index in [-0.39, 0.29) is 30.0 Å². The second kappa shape index (κ2) is 11.6. The zero-order valence-electron chi connectivity index (χ0n) is 20.1. The first kappa shape index (κ1) is 25.1. The number of nitrogens with one attached hydrogen (secondary N) is 2. The van der Waals surface area contributed by atoms with Gasteiger partial charge in [-0.1, -0.05) is 42.5 Å². The van der Waals surface area contributed by atoms with Crippen LogP contribution in [0.2, 0.25) is 0 Å². The molecule has 2 aromatic carbocycles. The molecule has 0 spiro atoms. The second-order valence-corrected chi connectivity index (χ2v) is 11.3. The van der Waals surface area contributed by atoms with Crippen molar-refractivity contribution in [3.63, 3.8) is 0 Å². The van der Waals surface area contributed by atoms with Gasteiger partial charge in [-0.25, -0.2) is 18.4 Å². The average Bonchev–Trinajstić information content (AvgIpc) is 3.24. The fourth-order valence-corrected chi connectivity index (χ4v) is 6.14. The van der Waals surface area contributed by atoms with Crippen LogP contribution in [0.15, 0.2) is 54.6 Å². The minimum Gasteiger partial charge on any atom is -0.369 e. The van der Waals surface area contributed by atoms with E-state index in [4.69, 9.17) is 0 Å². The normalized spacial score (nSPS) is 17.0. The monoisotopic (exact) mass is 495 g/mol. The van der Waals surface area contributed by atoms with E-state index in [1.165, 1.54) is 5.56 Å². The lowest BCUT2D eigenvalue weighted by Crippen LogP contribution is -2.36. The van der Waals surface area contributed by atoms with E-state index < -0.39 is 9.84 Å². The SMILES string of the molecule is CN(CCC(=O)NCc1nc(NCCCc2ccccc2)c2ccccc2n1)C1CCS(=O)(=O)C1. The topological polar surface area (TPSA) is 104 Å². The molecule has 1 fully saturated rings. The molecule has 2 heterocycles. The third kappa shape index (κ3) is 7.22. The van der Waals surface area contributed by atoms with Crippen LogP contribution in [0.25, 0.3) is 10.9 Å². The molecular formula is C26H33N5O3S. The fourth-order valence-electron chi connectivity index (χ4n) is 4.33. The molecule has 1 atom stereocenters. The molecule has 0 bridgehead atoms. The van der Waals surface area contributed by atoms with Gasteiger partial charge in [-0.05, 0) is 44.0 Å². The quantitative estimate of drug-likeness (QED) is 0.394. The summed E-state index contributed by atoms with van der Waals surface area (Å²) in [7, 11) is -1.06. The summed E-state index contributed by atoms with van der Waals surface area (Å²) in [6.45, 7) is 1.54. The Hall–Kier alpha value is -3.04. The zero-order chi connectivity index (χ0) is 24.7. The Bertz CT molecular complexity index is 1250. The van der Waals surface area contributed by atoms with Gasteiger partial charge in [0.05, 0.1) is 23.6 Å². The number of carbonyl (C=O) groups is 1. The van der Waals surface area contributed by atoms with E-state index >= 15 is 0 Å². The van der Waals surface area contributed by atoms with Crippen molar-refractivity contribution in [3.8, 4) is 0 Å². The summed E-state index contributed by atoms with van der Waals surface area (Å²) in [6, 6.07) is 18.2. The van der Waals surface area contributed by atoms with Gasteiger partial charge in [0.1, 0.15) is 5.82 Å². The Labute approximate surface area is 207 Å². The molecule has 9 heteroatoms. The van der Waals surface area contributed by atoms with Gasteiger partial charge >= 0.3 is 0 Å². The van der Waals surface area contributed by atoms with E-state index in [0.717, 1.165) is 36.1 Å². The van der Waals surface area contributed by atoms with Gasteiger partial charge in [0.2, 0.25) is 5.91 Å². The number of nitrogens with zero attached hydrogens (tertiary/aromatic N) is 3. The lowest BCUT2D eigenvalue weighted by atomic mass is 10.1. The maximum atomic E-state index is 12.4. The second-order valence-electron chi connectivity index (χ2n) is 9.09. The Kier molecular flexibility index (Phi) is 8.30. The number of amides is 1. The van der Waals surface area contributed by atoms with Crippen molar-refractivity contribution in [2.24, 2.45) is 0 Å². The number of anilines is 1. The van der Waals surface area contributed by atoms with E-state index in [2.05, 4.69) is 44.9 Å². The molecule has 3 aromatic rings. The van der Waals surface area contributed by atoms with Crippen molar-refractivity contribution in [3.05, 3.63) is 66.0 Å². The van der Waals surface area contributed by atoms with Gasteiger partial charge in [-0.2, -0.15) is 0 Å². The molecular weight excluding hydrogens is 462 g/mol. The van der Waals surface area contributed by atoms with Crippen LogP contribution in [0.4, 0.5) is 5.82 Å². The molecule has 0 saturated carbocycles. The highest BCUT2D eigenvalue weighted by Gasteiger charge is 2.30. The highest BCUT2D eigenvalue weighted by atomic mass is 32.2. The van der Waals surface area contributed by atoms with Crippen molar-refractivity contribution >= 4 is 32.5 Å². The van der Waals surface area contributed by atoms with Gasteiger partial charge in [-0.3, -0.25) is 4.79 Å². The van der Waals surface area contributed by atoms with E-state index in [1.807, 2.05) is 42.3 Å². The lowest BCUT2D eigenvalue weighted by molar-refractivity contribution is -0.121. The molecule has 1 amide bonds. The summed E-state index contributed by atoms with van der Waals surface area (Å²) in [5.41, 5.74) is 2.14. The van der Waals surface area contributed by atoms with Gasteiger partial charge < -0.3 is 15.5 Å². The van der Waals surface area contributed by atoms with Crippen LogP contribution in [0, 0.1) is 0 Å². The molecule has 186 valence electrons. The summed E-state index contributed by atoms with van der Waals surface area (Å²) < 4.78 is 23.4. The molecule has 1 saturated heterocycles. The number of sulfone groups is 1. The molecule has 2 N–H and O–H groups in total. The highest BCUT2D eigenvalue weighted by Crippen LogP contribution is 2.20. The minimum atomic E-state index is -2.93. The fraction of sp³-hybridized carbons (Fsp3) is 0.423. The van der Waals surface area contributed by atoms with Crippen molar-refractivity contribution in [2.45, 2.75) is 38.3 Å². The molecule has 1 aromatic heterocycles. The highest BCUT2D eigenvalue weighted by molar-refractivity contribution is 7.91. The number of aryl methyl sites for hydroxylation is 1. The first-order valence-corrected chi connectivity index (χ1v) is 13.9.